The summed E-state index contributed by atoms with van der Waals surface area (Å²) in [4.78, 5) is 12.5. The maximum atomic E-state index is 12.5. The van der Waals surface area contributed by atoms with Gasteiger partial charge in [0.25, 0.3) is 5.91 Å². The van der Waals surface area contributed by atoms with Gasteiger partial charge in [-0.3, -0.25) is 4.79 Å². The Morgan fingerprint density at radius 2 is 1.89 bits per heavy atom. The first-order valence-electron chi connectivity index (χ1n) is 8.51. The standard InChI is InChI=1S/C20H25ClN2O3.ClH/c1-13(2)12-26-19-16(21)9-15(10-18(19)25-3)20(24)23-11-17(22)14-7-5-4-6-8-14;/h4-10,13,17H,11-12,22H2,1-3H3,(H,23,24);1H. The highest BCUT2D eigenvalue weighted by atomic mass is 35.5. The topological polar surface area (TPSA) is 73.6 Å². The van der Waals surface area contributed by atoms with E-state index in [1.54, 1.807) is 12.1 Å². The lowest BCUT2D eigenvalue weighted by molar-refractivity contribution is 0.0950. The third kappa shape index (κ3) is 6.61. The number of amides is 1. The average molecular weight is 413 g/mol. The lowest BCUT2D eigenvalue weighted by Crippen LogP contribution is -2.31. The van der Waals surface area contributed by atoms with Crippen molar-refractivity contribution in [3.05, 3.63) is 58.6 Å². The van der Waals surface area contributed by atoms with Crippen molar-refractivity contribution >= 4 is 29.9 Å². The Bertz CT molecular complexity index is 740. The minimum atomic E-state index is -0.286. The fraction of sp³-hybridized carbons (Fsp3) is 0.350. The lowest BCUT2D eigenvalue weighted by atomic mass is 10.1. The van der Waals surface area contributed by atoms with Crippen molar-refractivity contribution in [1.82, 2.24) is 5.32 Å². The number of carbonyl (C=O) groups excluding carboxylic acids is 1. The highest BCUT2D eigenvalue weighted by molar-refractivity contribution is 6.32. The summed E-state index contributed by atoms with van der Waals surface area (Å²) in [6, 6.07) is 12.5. The molecule has 2 rings (SSSR count). The molecule has 3 N–H and O–H groups in total. The molecule has 1 amide bonds. The monoisotopic (exact) mass is 412 g/mol. The normalized spacial score (nSPS) is 11.5. The summed E-state index contributed by atoms with van der Waals surface area (Å²) in [6.07, 6.45) is 0. The number of hydrogen-bond donors (Lipinski definition) is 2. The summed E-state index contributed by atoms with van der Waals surface area (Å²) in [6.45, 7) is 4.90. The number of ether oxygens (including phenoxy) is 2. The average Bonchev–Trinajstić information content (AvgIpc) is 2.64. The molecule has 0 fully saturated rings. The first kappa shape index (κ1) is 23.1. The molecule has 5 nitrogen and oxygen atoms in total. The number of rotatable bonds is 8. The highest BCUT2D eigenvalue weighted by Gasteiger charge is 2.17. The zero-order valence-electron chi connectivity index (χ0n) is 15.7. The molecule has 27 heavy (non-hydrogen) atoms. The van der Waals surface area contributed by atoms with Crippen LogP contribution in [-0.2, 0) is 0 Å². The van der Waals surface area contributed by atoms with Crippen LogP contribution < -0.4 is 20.5 Å². The zero-order chi connectivity index (χ0) is 19.1. The molecular formula is C20H26Cl2N2O3. The van der Waals surface area contributed by atoms with Gasteiger partial charge in [0.2, 0.25) is 0 Å². The van der Waals surface area contributed by atoms with Crippen molar-refractivity contribution in [2.24, 2.45) is 11.7 Å². The molecule has 2 aromatic rings. The number of nitrogens with one attached hydrogen (secondary N) is 1. The largest absolute Gasteiger partial charge is 0.493 e. The maximum absolute atomic E-state index is 12.5. The SMILES string of the molecule is COc1cc(C(=O)NCC(N)c2ccccc2)cc(Cl)c1OCC(C)C.Cl. The second-order valence-corrected chi connectivity index (χ2v) is 6.83. The van der Waals surface area contributed by atoms with Crippen LogP contribution in [-0.4, -0.2) is 26.2 Å². The van der Waals surface area contributed by atoms with Crippen molar-refractivity contribution in [1.29, 1.82) is 0 Å². The molecule has 0 saturated heterocycles. The molecule has 0 aliphatic carbocycles. The van der Waals surface area contributed by atoms with E-state index in [9.17, 15) is 4.79 Å². The molecule has 0 radical (unpaired) electrons. The zero-order valence-corrected chi connectivity index (χ0v) is 17.3. The molecule has 0 aliphatic heterocycles. The smallest absolute Gasteiger partial charge is 0.251 e. The Morgan fingerprint density at radius 3 is 2.48 bits per heavy atom. The first-order chi connectivity index (χ1) is 12.4. The van der Waals surface area contributed by atoms with Crippen molar-refractivity contribution in [3.63, 3.8) is 0 Å². The van der Waals surface area contributed by atoms with Gasteiger partial charge in [-0.05, 0) is 23.6 Å². The minimum Gasteiger partial charge on any atom is -0.493 e. The summed E-state index contributed by atoms with van der Waals surface area (Å²) in [7, 11) is 1.51. The predicted molar refractivity (Wildman–Crippen MR) is 111 cm³/mol. The van der Waals surface area contributed by atoms with E-state index in [4.69, 9.17) is 26.8 Å². The van der Waals surface area contributed by atoms with Crippen LogP contribution in [0.4, 0.5) is 0 Å². The molecule has 0 aromatic heterocycles. The third-order valence-electron chi connectivity index (χ3n) is 3.76. The molecule has 7 heteroatoms. The fourth-order valence-corrected chi connectivity index (χ4v) is 2.63. The van der Waals surface area contributed by atoms with Crippen molar-refractivity contribution in [2.75, 3.05) is 20.3 Å². The molecule has 0 spiro atoms. The molecule has 1 atom stereocenters. The van der Waals surface area contributed by atoms with Gasteiger partial charge in [-0.2, -0.15) is 0 Å². The quantitative estimate of drug-likeness (QED) is 0.679. The van der Waals surface area contributed by atoms with Gasteiger partial charge in [0.1, 0.15) is 0 Å². The molecule has 0 bridgehead atoms. The Hall–Kier alpha value is -1.95. The number of methoxy groups -OCH3 is 1. The number of halogens is 2. The number of nitrogens with two attached hydrogens (primary N) is 1. The summed E-state index contributed by atoms with van der Waals surface area (Å²) in [5, 5.41) is 3.16. The Labute approximate surface area is 171 Å². The second-order valence-electron chi connectivity index (χ2n) is 6.42. The highest BCUT2D eigenvalue weighted by Crippen LogP contribution is 2.36. The van der Waals surface area contributed by atoms with Gasteiger partial charge in [0.05, 0.1) is 18.7 Å². The summed E-state index contributed by atoms with van der Waals surface area (Å²) in [5.74, 6) is 0.946. The van der Waals surface area contributed by atoms with Crippen LogP contribution in [0.3, 0.4) is 0 Å². The van der Waals surface area contributed by atoms with E-state index in [0.29, 0.717) is 41.2 Å². The van der Waals surface area contributed by atoms with E-state index in [0.717, 1.165) is 5.56 Å². The number of carbonyl (C=O) groups is 1. The molecule has 2 aromatic carbocycles. The molecule has 148 valence electrons. The van der Waals surface area contributed by atoms with Crippen LogP contribution in [0.5, 0.6) is 11.5 Å². The van der Waals surface area contributed by atoms with Crippen molar-refractivity contribution < 1.29 is 14.3 Å². The molecule has 0 aliphatic rings. The lowest BCUT2D eigenvalue weighted by Gasteiger charge is -2.16. The van der Waals surface area contributed by atoms with E-state index in [1.165, 1.54) is 7.11 Å². The Balaban J connectivity index is 0.00000364. The van der Waals surface area contributed by atoms with Crippen LogP contribution >= 0.6 is 24.0 Å². The van der Waals surface area contributed by atoms with E-state index in [-0.39, 0.29) is 24.4 Å². The van der Waals surface area contributed by atoms with Crippen LogP contribution in [0.2, 0.25) is 5.02 Å². The van der Waals surface area contributed by atoms with Crippen LogP contribution in [0, 0.1) is 5.92 Å². The van der Waals surface area contributed by atoms with E-state index < -0.39 is 0 Å². The maximum Gasteiger partial charge on any atom is 0.251 e. The van der Waals surface area contributed by atoms with Crippen molar-refractivity contribution in [2.45, 2.75) is 19.9 Å². The van der Waals surface area contributed by atoms with Gasteiger partial charge in [-0.15, -0.1) is 12.4 Å². The van der Waals surface area contributed by atoms with E-state index >= 15 is 0 Å². The molecule has 0 saturated carbocycles. The first-order valence-corrected chi connectivity index (χ1v) is 8.89. The van der Waals surface area contributed by atoms with Crippen molar-refractivity contribution in [3.8, 4) is 11.5 Å². The third-order valence-corrected chi connectivity index (χ3v) is 4.04. The minimum absolute atomic E-state index is 0. The van der Waals surface area contributed by atoms with Crippen LogP contribution in [0.15, 0.2) is 42.5 Å². The predicted octanol–water partition coefficient (Wildman–Crippen LogP) is 4.24. The van der Waals surface area contributed by atoms with E-state index in [1.807, 2.05) is 44.2 Å². The fourth-order valence-electron chi connectivity index (χ4n) is 2.36. The Morgan fingerprint density at radius 1 is 1.22 bits per heavy atom. The number of benzene rings is 2. The van der Waals surface area contributed by atoms with Gasteiger partial charge in [0, 0.05) is 18.2 Å². The number of hydrogen-bond acceptors (Lipinski definition) is 4. The van der Waals surface area contributed by atoms with Crippen LogP contribution in [0.25, 0.3) is 0 Å². The summed E-state index contributed by atoms with van der Waals surface area (Å²) in [5.41, 5.74) is 7.47. The second kappa shape index (κ2) is 11.0. The van der Waals surface area contributed by atoms with E-state index in [2.05, 4.69) is 5.32 Å². The van der Waals surface area contributed by atoms with Gasteiger partial charge in [-0.25, -0.2) is 0 Å². The van der Waals surface area contributed by atoms with Gasteiger partial charge in [-0.1, -0.05) is 55.8 Å². The van der Waals surface area contributed by atoms with Gasteiger partial charge in [0.15, 0.2) is 11.5 Å². The molecular weight excluding hydrogens is 387 g/mol. The Kier molecular flexibility index (Phi) is 9.43. The molecule has 1 unspecified atom stereocenters. The summed E-state index contributed by atoms with van der Waals surface area (Å²) >= 11 is 6.29. The van der Waals surface area contributed by atoms with Crippen LogP contribution in [0.1, 0.15) is 35.8 Å². The van der Waals surface area contributed by atoms with Gasteiger partial charge < -0.3 is 20.5 Å². The summed E-state index contributed by atoms with van der Waals surface area (Å²) < 4.78 is 11.0. The van der Waals surface area contributed by atoms with Gasteiger partial charge >= 0.3 is 0 Å². The molecule has 0 heterocycles.